The minimum atomic E-state index is -2.74. The quantitative estimate of drug-likeness (QED) is 0.182. The van der Waals surface area contributed by atoms with Crippen LogP contribution < -0.4 is 0 Å². The highest BCUT2D eigenvalue weighted by molar-refractivity contribution is 5.89. The molecule has 0 heterocycles. The average molecular weight is 426 g/mol. The fraction of sp³-hybridized carbons (Fsp3) is 0.357. The van der Waals surface area contributed by atoms with Crippen molar-refractivity contribution in [2.45, 2.75) is 31.3 Å². The number of carboxylic acid groups (broad SMARTS) is 7. The van der Waals surface area contributed by atoms with Crippen molar-refractivity contribution in [1.82, 2.24) is 0 Å². The third-order valence-corrected chi connectivity index (χ3v) is 2.21. The van der Waals surface area contributed by atoms with Gasteiger partial charge in [0, 0.05) is 12.2 Å². The summed E-state index contributed by atoms with van der Waals surface area (Å²) in [6.45, 7) is 0. The van der Waals surface area contributed by atoms with Crippen LogP contribution in [0.4, 0.5) is 0 Å². The van der Waals surface area contributed by atoms with Crippen LogP contribution in [0.5, 0.6) is 0 Å². The van der Waals surface area contributed by atoms with Crippen LogP contribution in [0.3, 0.4) is 0 Å². The Labute approximate surface area is 160 Å². The van der Waals surface area contributed by atoms with E-state index in [1.165, 1.54) is 0 Å². The highest BCUT2D eigenvalue weighted by Gasteiger charge is 2.40. The van der Waals surface area contributed by atoms with Crippen LogP contribution in [-0.2, 0) is 33.6 Å². The van der Waals surface area contributed by atoms with Crippen molar-refractivity contribution >= 4 is 41.8 Å². The summed E-state index contributed by atoms with van der Waals surface area (Å²) in [5, 5.41) is 65.2. The fourth-order valence-corrected chi connectivity index (χ4v) is 1.07. The Balaban J connectivity index is -0.000000368. The van der Waals surface area contributed by atoms with Crippen molar-refractivity contribution in [2.75, 3.05) is 0 Å². The van der Waals surface area contributed by atoms with Gasteiger partial charge in [-0.1, -0.05) is 0 Å². The van der Waals surface area contributed by atoms with Gasteiger partial charge in [-0.15, -0.1) is 0 Å². The molecule has 29 heavy (non-hydrogen) atoms. The maximum Gasteiger partial charge on any atom is 0.336 e. The Morgan fingerprint density at radius 3 is 0.966 bits per heavy atom. The Kier molecular flexibility index (Phi) is 15.5. The molecule has 15 heteroatoms. The number of carbonyl (C=O) groups is 7. The van der Waals surface area contributed by atoms with Crippen LogP contribution in [0.15, 0.2) is 12.2 Å². The third kappa shape index (κ3) is 24.0. The monoisotopic (exact) mass is 426 g/mol. The summed E-state index contributed by atoms with van der Waals surface area (Å²) < 4.78 is 0. The second-order valence-electron chi connectivity index (χ2n) is 4.78. The number of rotatable bonds is 10. The summed E-state index contributed by atoms with van der Waals surface area (Å²) in [6.07, 6.45) is -1.77. The van der Waals surface area contributed by atoms with Gasteiger partial charge in [-0.2, -0.15) is 0 Å². The van der Waals surface area contributed by atoms with E-state index in [0.717, 1.165) is 0 Å². The molecule has 0 bridgehead atoms. The van der Waals surface area contributed by atoms with Gasteiger partial charge < -0.3 is 40.9 Å². The Morgan fingerprint density at radius 1 is 0.552 bits per heavy atom. The lowest BCUT2D eigenvalue weighted by molar-refractivity contribution is -0.170. The summed E-state index contributed by atoms with van der Waals surface area (Å²) in [5.74, 6) is -9.69. The maximum absolute atomic E-state index is 10.3. The molecular formula is C14H18O15. The standard InChI is InChI=1S/C6H8O7.C4H6O4.C4H4O4/c7-3(8)1-6(13,5(11)12)2-4(9)10;2*5-3(6)1-2-4(7)8/h13H,1-2H2,(H,7,8)(H,9,10)(H,11,12);1-2H2,(H,5,6)(H,7,8);1-2H,(H,5,6)(H,7,8). The van der Waals surface area contributed by atoms with E-state index in [0.29, 0.717) is 12.2 Å². The molecule has 0 amide bonds. The van der Waals surface area contributed by atoms with Crippen molar-refractivity contribution < 1.29 is 74.4 Å². The van der Waals surface area contributed by atoms with E-state index in [2.05, 4.69) is 0 Å². The molecule has 15 nitrogen and oxygen atoms in total. The van der Waals surface area contributed by atoms with Gasteiger partial charge in [0.15, 0.2) is 5.60 Å². The molecule has 0 radical (unpaired) electrons. The van der Waals surface area contributed by atoms with Gasteiger partial charge in [-0.25, -0.2) is 14.4 Å². The first-order valence-electron chi connectivity index (χ1n) is 7.00. The molecule has 8 N–H and O–H groups in total. The molecule has 0 saturated carbocycles. The molecule has 0 aliphatic carbocycles. The molecule has 0 saturated heterocycles. The van der Waals surface area contributed by atoms with Crippen LogP contribution >= 0.6 is 0 Å². The number of carboxylic acids is 7. The van der Waals surface area contributed by atoms with Gasteiger partial charge in [0.1, 0.15) is 0 Å². The SMILES string of the molecule is O=C(O)C=CC(=O)O.O=C(O)CC(O)(CC(=O)O)C(=O)O.O=C(O)CCC(=O)O. The molecule has 0 rings (SSSR count). The zero-order chi connectivity index (χ0) is 23.8. The first-order valence-corrected chi connectivity index (χ1v) is 7.00. The van der Waals surface area contributed by atoms with Crippen LogP contribution in [-0.4, -0.2) is 88.2 Å². The summed E-state index contributed by atoms with van der Waals surface area (Å²) >= 11 is 0. The smallest absolute Gasteiger partial charge is 0.336 e. The summed E-state index contributed by atoms with van der Waals surface area (Å²) in [6, 6.07) is 0. The highest BCUT2D eigenvalue weighted by Crippen LogP contribution is 2.15. The van der Waals surface area contributed by atoms with Gasteiger partial charge in [0.05, 0.1) is 25.7 Å². The van der Waals surface area contributed by atoms with Gasteiger partial charge in [-0.05, 0) is 0 Å². The van der Waals surface area contributed by atoms with E-state index in [1.54, 1.807) is 0 Å². The summed E-state index contributed by atoms with van der Waals surface area (Å²) in [4.78, 5) is 68.9. The Hall–Kier alpha value is -4.01. The lowest BCUT2D eigenvalue weighted by atomic mass is 9.96. The van der Waals surface area contributed by atoms with Gasteiger partial charge >= 0.3 is 41.8 Å². The van der Waals surface area contributed by atoms with Gasteiger partial charge in [-0.3, -0.25) is 19.2 Å². The number of aliphatic hydroxyl groups is 1. The fourth-order valence-electron chi connectivity index (χ4n) is 1.07. The topological polar surface area (TPSA) is 281 Å². The van der Waals surface area contributed by atoms with Crippen molar-refractivity contribution in [1.29, 1.82) is 0 Å². The summed E-state index contributed by atoms with van der Waals surface area (Å²) in [7, 11) is 0. The van der Waals surface area contributed by atoms with E-state index < -0.39 is 60.2 Å². The largest absolute Gasteiger partial charge is 0.481 e. The highest BCUT2D eigenvalue weighted by atomic mass is 16.4. The lowest BCUT2D eigenvalue weighted by Crippen LogP contribution is -2.42. The van der Waals surface area contributed by atoms with Crippen molar-refractivity contribution in [3.63, 3.8) is 0 Å². The molecule has 0 aromatic heterocycles. The van der Waals surface area contributed by atoms with E-state index in [4.69, 9.17) is 40.9 Å². The second kappa shape index (κ2) is 15.1. The molecule has 0 spiro atoms. The molecule has 0 aromatic carbocycles. The first kappa shape index (κ1) is 29.7. The van der Waals surface area contributed by atoms with Crippen LogP contribution in [0.1, 0.15) is 25.7 Å². The second-order valence-corrected chi connectivity index (χ2v) is 4.78. The maximum atomic E-state index is 10.3. The molecule has 0 aliphatic heterocycles. The van der Waals surface area contributed by atoms with Crippen molar-refractivity contribution in [3.05, 3.63) is 12.2 Å². The molecule has 0 fully saturated rings. The van der Waals surface area contributed by atoms with Crippen LogP contribution in [0.25, 0.3) is 0 Å². The molecule has 0 atom stereocenters. The van der Waals surface area contributed by atoms with Gasteiger partial charge in [0.2, 0.25) is 0 Å². The van der Waals surface area contributed by atoms with Crippen LogP contribution in [0, 0.1) is 0 Å². The van der Waals surface area contributed by atoms with Crippen molar-refractivity contribution in [2.24, 2.45) is 0 Å². The molecule has 164 valence electrons. The van der Waals surface area contributed by atoms with Gasteiger partial charge in [0.25, 0.3) is 0 Å². The Morgan fingerprint density at radius 2 is 0.828 bits per heavy atom. The van der Waals surface area contributed by atoms with Crippen LogP contribution in [0.2, 0.25) is 0 Å². The van der Waals surface area contributed by atoms with E-state index in [1.807, 2.05) is 0 Å². The lowest BCUT2D eigenvalue weighted by Gasteiger charge is -2.18. The molecule has 0 aliphatic rings. The number of aliphatic carboxylic acids is 7. The molecule has 0 aromatic rings. The molecular weight excluding hydrogens is 408 g/mol. The van der Waals surface area contributed by atoms with E-state index in [9.17, 15) is 33.6 Å². The third-order valence-electron chi connectivity index (χ3n) is 2.21. The number of hydrogen-bond donors (Lipinski definition) is 8. The zero-order valence-electron chi connectivity index (χ0n) is 14.4. The van der Waals surface area contributed by atoms with Crippen molar-refractivity contribution in [3.8, 4) is 0 Å². The predicted molar refractivity (Wildman–Crippen MR) is 86.0 cm³/mol. The minimum Gasteiger partial charge on any atom is -0.481 e. The van der Waals surface area contributed by atoms with E-state index >= 15 is 0 Å². The zero-order valence-corrected chi connectivity index (χ0v) is 14.4. The predicted octanol–water partition coefficient (Wildman–Crippen LogP) is -1.60. The minimum absolute atomic E-state index is 0.296. The van der Waals surface area contributed by atoms with E-state index in [-0.39, 0.29) is 12.8 Å². The number of hydrogen-bond acceptors (Lipinski definition) is 8. The molecule has 0 unspecified atom stereocenters. The first-order chi connectivity index (χ1) is 13.0. The normalized spacial score (nSPS) is 9.83. The average Bonchev–Trinajstić information content (AvgIpc) is 2.50. The summed E-state index contributed by atoms with van der Waals surface area (Å²) in [5.41, 5.74) is -2.74. The Bertz CT molecular complexity index is 614.